The highest BCUT2D eigenvalue weighted by molar-refractivity contribution is 6.62. The van der Waals surface area contributed by atoms with Crippen LogP contribution >= 0.6 is 0 Å². The summed E-state index contributed by atoms with van der Waals surface area (Å²) in [5, 5.41) is 0. The van der Waals surface area contributed by atoms with Crippen molar-refractivity contribution in [2.24, 2.45) is 0 Å². The molecule has 0 radical (unpaired) electrons. The van der Waals surface area contributed by atoms with E-state index in [1.54, 1.807) is 0 Å². The number of hydrogen-bond donors (Lipinski definition) is 0. The van der Waals surface area contributed by atoms with Gasteiger partial charge in [-0.3, -0.25) is 9.97 Å². The van der Waals surface area contributed by atoms with Gasteiger partial charge in [0, 0.05) is 40.9 Å². The van der Waals surface area contributed by atoms with Gasteiger partial charge in [0.2, 0.25) is 0 Å². The van der Waals surface area contributed by atoms with E-state index in [2.05, 4.69) is 124 Å². The van der Waals surface area contributed by atoms with Crippen molar-refractivity contribution in [3.8, 4) is 22.5 Å². The Hall–Kier alpha value is -3.29. The summed E-state index contributed by atoms with van der Waals surface area (Å²) in [4.78, 5) is 9.49. The summed E-state index contributed by atoms with van der Waals surface area (Å²) in [5.74, 6) is 0. The van der Waals surface area contributed by atoms with Gasteiger partial charge in [0.1, 0.15) is 0 Å². The molecule has 0 bridgehead atoms. The Balaban J connectivity index is 1.11. The molecule has 2 aliphatic rings. The van der Waals surface area contributed by atoms with Crippen molar-refractivity contribution in [1.29, 1.82) is 0 Å². The van der Waals surface area contributed by atoms with E-state index in [9.17, 15) is 0 Å². The van der Waals surface area contributed by atoms with Gasteiger partial charge in [0.15, 0.2) is 0 Å². The highest BCUT2D eigenvalue weighted by Crippen LogP contribution is 2.40. The zero-order chi connectivity index (χ0) is 33.1. The molecule has 4 heterocycles. The molecule has 1 atom stereocenters. The normalized spacial score (nSPS) is 22.0. The molecule has 2 aromatic carbocycles. The second-order valence-electron chi connectivity index (χ2n) is 15.6. The van der Waals surface area contributed by atoms with Crippen molar-refractivity contribution in [2.75, 3.05) is 0 Å². The smallest absolute Gasteiger partial charge is 0.399 e. The van der Waals surface area contributed by atoms with Crippen LogP contribution in [0.2, 0.25) is 0 Å². The van der Waals surface area contributed by atoms with E-state index in [0.29, 0.717) is 6.42 Å². The fourth-order valence-electron chi connectivity index (χ4n) is 5.92. The van der Waals surface area contributed by atoms with Gasteiger partial charge < -0.3 is 18.6 Å². The Morgan fingerprint density at radius 2 is 0.978 bits per heavy atom. The van der Waals surface area contributed by atoms with Crippen molar-refractivity contribution in [3.63, 3.8) is 0 Å². The highest BCUT2D eigenvalue weighted by atomic mass is 16.7. The van der Waals surface area contributed by atoms with Crippen molar-refractivity contribution < 1.29 is 18.6 Å². The predicted octanol–water partition coefficient (Wildman–Crippen LogP) is 6.93. The second-order valence-corrected chi connectivity index (χ2v) is 15.6. The standard InChI is InChI=1S/C38H46B2N2O4/c1-34(2,3)29-17-15-28(16-18-29)33-22-20-31(25-42-33)40-45-37(8,9)38(10,46-40)23-26-11-13-27(14-12-26)32-21-19-30(24-41-32)39-43-35(4,5)36(6,7)44-39/h11-22,24-25H,23H2,1-10H3. The maximum absolute atomic E-state index is 6.66. The van der Waals surface area contributed by atoms with Gasteiger partial charge in [0.25, 0.3) is 0 Å². The average molecular weight is 616 g/mol. The average Bonchev–Trinajstić information content (AvgIpc) is 3.37. The molecule has 46 heavy (non-hydrogen) atoms. The molecular weight excluding hydrogens is 570 g/mol. The van der Waals surface area contributed by atoms with E-state index < -0.39 is 25.4 Å². The molecule has 0 saturated carbocycles. The maximum Gasteiger partial charge on any atom is 0.496 e. The minimum atomic E-state index is -0.538. The minimum absolute atomic E-state index is 0.120. The fourth-order valence-corrected chi connectivity index (χ4v) is 5.92. The summed E-state index contributed by atoms with van der Waals surface area (Å²) in [5.41, 5.74) is 6.60. The first kappa shape index (κ1) is 32.6. The third kappa shape index (κ3) is 6.21. The molecule has 2 fully saturated rings. The molecule has 0 N–H and O–H groups in total. The summed E-state index contributed by atoms with van der Waals surface area (Å²) in [6, 6.07) is 25.4. The zero-order valence-electron chi connectivity index (χ0n) is 29.0. The summed E-state index contributed by atoms with van der Waals surface area (Å²) in [6.07, 6.45) is 4.43. The van der Waals surface area contributed by atoms with Crippen LogP contribution in [0.25, 0.3) is 22.5 Å². The van der Waals surface area contributed by atoms with Gasteiger partial charge >= 0.3 is 14.2 Å². The van der Waals surface area contributed by atoms with E-state index in [4.69, 9.17) is 28.6 Å². The topological polar surface area (TPSA) is 62.7 Å². The van der Waals surface area contributed by atoms with E-state index in [1.807, 2.05) is 30.6 Å². The molecule has 4 aromatic rings. The molecule has 0 aliphatic carbocycles. The lowest BCUT2D eigenvalue weighted by molar-refractivity contribution is -0.00876. The van der Waals surface area contributed by atoms with Crippen LogP contribution in [0.15, 0.2) is 85.2 Å². The molecule has 6 rings (SSSR count). The summed E-state index contributed by atoms with van der Waals surface area (Å²) in [7, 11) is -0.911. The van der Waals surface area contributed by atoms with Gasteiger partial charge in [-0.1, -0.05) is 81.4 Å². The Kier molecular flexibility index (Phi) is 8.12. The van der Waals surface area contributed by atoms with Gasteiger partial charge in [-0.05, 0) is 77.1 Å². The monoisotopic (exact) mass is 616 g/mol. The Morgan fingerprint density at radius 1 is 0.543 bits per heavy atom. The SMILES string of the molecule is CC(C)(C)c1ccc(-c2ccc(B3OC(C)(C)C(C)(Cc4ccc(-c5ccc(B6OC(C)(C)C(C)(C)O6)cn5)cc4)O3)cn2)cc1. The van der Waals surface area contributed by atoms with Crippen molar-refractivity contribution in [3.05, 3.63) is 96.3 Å². The van der Waals surface area contributed by atoms with Crippen LogP contribution in [0, 0.1) is 0 Å². The molecule has 2 aromatic heterocycles. The summed E-state index contributed by atoms with van der Waals surface area (Å²) in [6.45, 7) is 21.2. The third-order valence-corrected chi connectivity index (χ3v) is 10.3. The van der Waals surface area contributed by atoms with Crippen molar-refractivity contribution >= 4 is 25.2 Å². The van der Waals surface area contributed by atoms with Crippen LogP contribution in [0.3, 0.4) is 0 Å². The number of hydrogen-bond acceptors (Lipinski definition) is 6. The number of benzene rings is 2. The first-order valence-electron chi connectivity index (χ1n) is 16.3. The van der Waals surface area contributed by atoms with Gasteiger partial charge in [-0.15, -0.1) is 0 Å². The van der Waals surface area contributed by atoms with E-state index in [1.165, 1.54) is 11.1 Å². The van der Waals surface area contributed by atoms with Crippen LogP contribution in [0.1, 0.15) is 80.4 Å². The molecular formula is C38H46B2N2O4. The Morgan fingerprint density at radius 3 is 1.41 bits per heavy atom. The molecule has 0 spiro atoms. The van der Waals surface area contributed by atoms with E-state index in [0.717, 1.165) is 33.4 Å². The first-order chi connectivity index (χ1) is 21.5. The van der Waals surface area contributed by atoms with Gasteiger partial charge in [-0.2, -0.15) is 0 Å². The van der Waals surface area contributed by atoms with Crippen LogP contribution in [-0.2, 0) is 30.5 Å². The third-order valence-electron chi connectivity index (χ3n) is 10.3. The minimum Gasteiger partial charge on any atom is -0.399 e. The number of aromatic nitrogens is 2. The molecule has 0 amide bonds. The quantitative estimate of drug-likeness (QED) is 0.219. The fraction of sp³-hybridized carbons (Fsp3) is 0.421. The van der Waals surface area contributed by atoms with Crippen LogP contribution in [0.4, 0.5) is 0 Å². The zero-order valence-corrected chi connectivity index (χ0v) is 29.0. The van der Waals surface area contributed by atoms with Gasteiger partial charge in [-0.25, -0.2) is 0 Å². The first-order valence-corrected chi connectivity index (χ1v) is 16.3. The van der Waals surface area contributed by atoms with Crippen molar-refractivity contribution in [2.45, 2.75) is 103 Å². The molecule has 1 unspecified atom stereocenters. The largest absolute Gasteiger partial charge is 0.496 e. The molecule has 238 valence electrons. The maximum atomic E-state index is 6.66. The lowest BCUT2D eigenvalue weighted by Gasteiger charge is -2.36. The lowest BCUT2D eigenvalue weighted by Crippen LogP contribution is -2.46. The number of pyridine rings is 2. The molecule has 6 nitrogen and oxygen atoms in total. The second kappa shape index (κ2) is 11.4. The highest BCUT2D eigenvalue weighted by Gasteiger charge is 2.55. The summed E-state index contributed by atoms with van der Waals surface area (Å²) < 4.78 is 25.5. The summed E-state index contributed by atoms with van der Waals surface area (Å²) >= 11 is 0. The molecule has 2 saturated heterocycles. The van der Waals surface area contributed by atoms with E-state index >= 15 is 0 Å². The van der Waals surface area contributed by atoms with E-state index in [-0.39, 0.29) is 16.6 Å². The van der Waals surface area contributed by atoms with Crippen LogP contribution < -0.4 is 10.9 Å². The predicted molar refractivity (Wildman–Crippen MR) is 188 cm³/mol. The van der Waals surface area contributed by atoms with Crippen LogP contribution in [0.5, 0.6) is 0 Å². The lowest BCUT2D eigenvalue weighted by atomic mass is 9.80. The van der Waals surface area contributed by atoms with Gasteiger partial charge in [0.05, 0.1) is 33.8 Å². The number of nitrogens with zero attached hydrogens (tertiary/aromatic N) is 2. The molecule has 8 heteroatoms. The molecule has 2 aliphatic heterocycles. The van der Waals surface area contributed by atoms with Crippen molar-refractivity contribution in [1.82, 2.24) is 9.97 Å². The van der Waals surface area contributed by atoms with Crippen LogP contribution in [-0.4, -0.2) is 46.6 Å². The number of rotatable bonds is 6. The Bertz CT molecular complexity index is 1660. The Labute approximate surface area is 275 Å².